The van der Waals surface area contributed by atoms with Gasteiger partial charge in [-0.15, -0.1) is 11.3 Å². The van der Waals surface area contributed by atoms with Gasteiger partial charge in [0.1, 0.15) is 12.1 Å². The Balaban J connectivity index is 1.28. The molecule has 0 radical (unpaired) electrons. The summed E-state index contributed by atoms with van der Waals surface area (Å²) >= 11 is 1.64. The number of benzene rings is 1. The van der Waals surface area contributed by atoms with E-state index in [0.717, 1.165) is 40.2 Å². The van der Waals surface area contributed by atoms with Gasteiger partial charge < -0.3 is 10.2 Å². The standard InChI is InChI=1S/C18H14N6OS/c25-18(11-1-2-13-15(7-11)20-5-4-19-13)23-12-8-24(9-12)17-16-14(3-6-26-16)21-10-22-17/h1-7,10,12H,8-9H2,(H,23,25). The second-order valence-corrected chi connectivity index (χ2v) is 7.08. The van der Waals surface area contributed by atoms with Crippen molar-refractivity contribution in [2.24, 2.45) is 0 Å². The Hall–Kier alpha value is -3.13. The van der Waals surface area contributed by atoms with Gasteiger partial charge in [-0.2, -0.15) is 0 Å². The minimum absolute atomic E-state index is 0.0915. The van der Waals surface area contributed by atoms with E-state index >= 15 is 0 Å². The highest BCUT2D eigenvalue weighted by Gasteiger charge is 2.30. The predicted molar refractivity (Wildman–Crippen MR) is 100 cm³/mol. The number of nitrogens with zero attached hydrogens (tertiary/aromatic N) is 5. The quantitative estimate of drug-likeness (QED) is 0.602. The van der Waals surface area contributed by atoms with Gasteiger partial charge >= 0.3 is 0 Å². The lowest BCUT2D eigenvalue weighted by Gasteiger charge is -2.40. The van der Waals surface area contributed by atoms with E-state index < -0.39 is 0 Å². The van der Waals surface area contributed by atoms with Crippen LogP contribution in [0.3, 0.4) is 0 Å². The van der Waals surface area contributed by atoms with Crippen LogP contribution in [-0.2, 0) is 0 Å². The molecule has 7 nitrogen and oxygen atoms in total. The van der Waals surface area contributed by atoms with E-state index in [1.54, 1.807) is 42.2 Å². The van der Waals surface area contributed by atoms with Crippen LogP contribution in [0.2, 0.25) is 0 Å². The average molecular weight is 362 g/mol. The molecule has 5 rings (SSSR count). The molecule has 3 aromatic heterocycles. The summed E-state index contributed by atoms with van der Waals surface area (Å²) in [6.45, 7) is 1.48. The van der Waals surface area contributed by atoms with Gasteiger partial charge in [0.05, 0.1) is 27.3 Å². The summed E-state index contributed by atoms with van der Waals surface area (Å²) in [5.41, 5.74) is 3.06. The largest absolute Gasteiger partial charge is 0.351 e. The maximum Gasteiger partial charge on any atom is 0.251 e. The van der Waals surface area contributed by atoms with Crippen molar-refractivity contribution < 1.29 is 4.79 Å². The zero-order valence-corrected chi connectivity index (χ0v) is 14.5. The van der Waals surface area contributed by atoms with E-state index in [1.807, 2.05) is 17.5 Å². The van der Waals surface area contributed by atoms with Crippen LogP contribution in [0, 0.1) is 0 Å². The molecule has 4 heterocycles. The first-order valence-corrected chi connectivity index (χ1v) is 9.11. The molecule has 8 heteroatoms. The maximum absolute atomic E-state index is 12.5. The Morgan fingerprint density at radius 2 is 1.88 bits per heavy atom. The highest BCUT2D eigenvalue weighted by Crippen LogP contribution is 2.30. The lowest BCUT2D eigenvalue weighted by molar-refractivity contribution is 0.0930. The molecule has 0 spiro atoms. The molecule has 1 aromatic carbocycles. The molecule has 128 valence electrons. The fourth-order valence-electron chi connectivity index (χ4n) is 3.12. The number of hydrogen-bond donors (Lipinski definition) is 1. The van der Waals surface area contributed by atoms with Gasteiger partial charge in [-0.3, -0.25) is 14.8 Å². The van der Waals surface area contributed by atoms with Gasteiger partial charge in [0.2, 0.25) is 0 Å². The molecule has 0 bridgehead atoms. The molecule has 26 heavy (non-hydrogen) atoms. The number of carbonyl (C=O) groups excluding carboxylic acids is 1. The molecule has 0 atom stereocenters. The third kappa shape index (κ3) is 2.55. The van der Waals surface area contributed by atoms with Crippen molar-refractivity contribution >= 4 is 44.3 Å². The van der Waals surface area contributed by atoms with Gasteiger partial charge in [0, 0.05) is 31.0 Å². The SMILES string of the molecule is O=C(NC1CN(c2ncnc3ccsc23)C1)c1ccc2nccnc2c1. The van der Waals surface area contributed by atoms with Crippen LogP contribution < -0.4 is 10.2 Å². The molecule has 4 aromatic rings. The summed E-state index contributed by atoms with van der Waals surface area (Å²) in [6.07, 6.45) is 4.86. The van der Waals surface area contributed by atoms with Crippen LogP contribution in [0.25, 0.3) is 21.3 Å². The molecule has 0 aliphatic carbocycles. The summed E-state index contributed by atoms with van der Waals surface area (Å²) in [5, 5.41) is 5.09. The second kappa shape index (κ2) is 5.99. The van der Waals surface area contributed by atoms with Crippen LogP contribution >= 0.6 is 11.3 Å². The summed E-state index contributed by atoms with van der Waals surface area (Å²) in [4.78, 5) is 31.8. The number of aromatic nitrogens is 4. The molecule has 0 saturated carbocycles. The number of rotatable bonds is 3. The minimum Gasteiger partial charge on any atom is -0.351 e. The fourth-order valence-corrected chi connectivity index (χ4v) is 3.98. The Labute approximate surface area is 152 Å². The van der Waals surface area contributed by atoms with Crippen molar-refractivity contribution in [3.8, 4) is 0 Å². The smallest absolute Gasteiger partial charge is 0.251 e. The summed E-state index contributed by atoms with van der Waals surface area (Å²) in [6, 6.07) is 7.46. The Bertz CT molecular complexity index is 1120. The first kappa shape index (κ1) is 15.2. The van der Waals surface area contributed by atoms with E-state index in [4.69, 9.17) is 0 Å². The maximum atomic E-state index is 12.5. The van der Waals surface area contributed by atoms with Gasteiger partial charge in [-0.1, -0.05) is 0 Å². The number of nitrogens with one attached hydrogen (secondary N) is 1. The molecular weight excluding hydrogens is 348 g/mol. The van der Waals surface area contributed by atoms with Crippen molar-refractivity contribution in [3.63, 3.8) is 0 Å². The van der Waals surface area contributed by atoms with Crippen LogP contribution in [0.5, 0.6) is 0 Å². The number of anilines is 1. The number of thiophene rings is 1. The van der Waals surface area contributed by atoms with Crippen LogP contribution in [0.15, 0.2) is 48.4 Å². The minimum atomic E-state index is -0.0915. The van der Waals surface area contributed by atoms with Gasteiger partial charge in [-0.25, -0.2) is 9.97 Å². The summed E-state index contributed by atoms with van der Waals surface area (Å²) in [5.74, 6) is 0.850. The van der Waals surface area contributed by atoms with Crippen molar-refractivity contribution in [2.75, 3.05) is 18.0 Å². The number of fused-ring (bicyclic) bond motifs is 2. The van der Waals surface area contributed by atoms with Crippen molar-refractivity contribution in [1.82, 2.24) is 25.3 Å². The fraction of sp³-hybridized carbons (Fsp3) is 0.167. The van der Waals surface area contributed by atoms with Gasteiger partial charge in [0.25, 0.3) is 5.91 Å². The number of carbonyl (C=O) groups is 1. The highest BCUT2D eigenvalue weighted by molar-refractivity contribution is 7.17. The molecule has 0 unspecified atom stereocenters. The molecule has 1 amide bonds. The Morgan fingerprint density at radius 3 is 2.77 bits per heavy atom. The van der Waals surface area contributed by atoms with Crippen molar-refractivity contribution in [2.45, 2.75) is 6.04 Å². The highest BCUT2D eigenvalue weighted by atomic mass is 32.1. The van der Waals surface area contributed by atoms with Crippen LogP contribution in [0.1, 0.15) is 10.4 Å². The Morgan fingerprint density at radius 1 is 1.04 bits per heavy atom. The first-order valence-electron chi connectivity index (χ1n) is 8.23. The molecular formula is C18H14N6OS. The zero-order valence-electron chi connectivity index (χ0n) is 13.7. The number of amides is 1. The lowest BCUT2D eigenvalue weighted by Crippen LogP contribution is -2.59. The van der Waals surface area contributed by atoms with Crippen LogP contribution in [0.4, 0.5) is 5.82 Å². The molecule has 1 aliphatic heterocycles. The number of hydrogen-bond acceptors (Lipinski definition) is 7. The van der Waals surface area contributed by atoms with E-state index in [9.17, 15) is 4.79 Å². The topological polar surface area (TPSA) is 83.9 Å². The van der Waals surface area contributed by atoms with E-state index in [-0.39, 0.29) is 11.9 Å². The van der Waals surface area contributed by atoms with Gasteiger partial charge in [-0.05, 0) is 29.6 Å². The predicted octanol–water partition coefficient (Wildman–Crippen LogP) is 2.25. The van der Waals surface area contributed by atoms with Crippen molar-refractivity contribution in [3.05, 3.63) is 53.9 Å². The van der Waals surface area contributed by atoms with Gasteiger partial charge in [0.15, 0.2) is 0 Å². The summed E-state index contributed by atoms with van der Waals surface area (Å²) in [7, 11) is 0. The molecule has 1 fully saturated rings. The molecule has 1 aliphatic rings. The van der Waals surface area contributed by atoms with E-state index in [1.165, 1.54) is 0 Å². The molecule has 1 N–H and O–H groups in total. The third-order valence-corrected chi connectivity index (χ3v) is 5.37. The molecule has 1 saturated heterocycles. The van der Waals surface area contributed by atoms with E-state index in [0.29, 0.717) is 5.56 Å². The van der Waals surface area contributed by atoms with Crippen LogP contribution in [-0.4, -0.2) is 45.0 Å². The third-order valence-electron chi connectivity index (χ3n) is 4.47. The lowest BCUT2D eigenvalue weighted by atomic mass is 10.1. The Kier molecular flexibility index (Phi) is 3.49. The second-order valence-electron chi connectivity index (χ2n) is 6.17. The first-order chi connectivity index (χ1) is 12.8. The van der Waals surface area contributed by atoms with Crippen molar-refractivity contribution in [1.29, 1.82) is 0 Å². The van der Waals surface area contributed by atoms with E-state index in [2.05, 4.69) is 30.2 Å². The zero-order chi connectivity index (χ0) is 17.5. The normalized spacial score (nSPS) is 14.5. The monoisotopic (exact) mass is 362 g/mol. The summed E-state index contributed by atoms with van der Waals surface area (Å²) < 4.78 is 1.09. The average Bonchev–Trinajstić information content (AvgIpc) is 3.13.